The monoisotopic (exact) mass is 689 g/mol. The molecule has 0 heterocycles. The molecule has 0 aromatic heterocycles. The predicted octanol–water partition coefficient (Wildman–Crippen LogP) is 12.6. The molecule has 6 heteroatoms. The van der Waals surface area contributed by atoms with E-state index in [0.717, 1.165) is 57.8 Å². The number of carbonyl (C=O) groups excluding carboxylic acids is 3. The zero-order valence-electron chi connectivity index (χ0n) is 32.2. The van der Waals surface area contributed by atoms with Crippen LogP contribution in [0.15, 0.2) is 36.5 Å². The van der Waals surface area contributed by atoms with Crippen molar-refractivity contribution in [1.29, 1.82) is 0 Å². The Morgan fingerprint density at radius 1 is 0.388 bits per heavy atom. The Bertz CT molecular complexity index is 845. The molecule has 0 aliphatic carbocycles. The van der Waals surface area contributed by atoms with Gasteiger partial charge in [-0.25, -0.2) is 0 Å². The van der Waals surface area contributed by atoms with Gasteiger partial charge in [-0.3, -0.25) is 14.4 Å². The van der Waals surface area contributed by atoms with Gasteiger partial charge in [-0.15, -0.1) is 0 Å². The first-order valence-electron chi connectivity index (χ1n) is 20.5. The van der Waals surface area contributed by atoms with Crippen LogP contribution in [-0.2, 0) is 28.6 Å². The van der Waals surface area contributed by atoms with Crippen molar-refractivity contribution in [3.05, 3.63) is 36.5 Å². The van der Waals surface area contributed by atoms with Crippen LogP contribution in [0.25, 0.3) is 0 Å². The van der Waals surface area contributed by atoms with Gasteiger partial charge in [0.25, 0.3) is 0 Å². The van der Waals surface area contributed by atoms with Gasteiger partial charge in [0.2, 0.25) is 0 Å². The molecule has 0 radical (unpaired) electrons. The molecule has 0 bridgehead atoms. The number of carbonyl (C=O) groups is 3. The summed E-state index contributed by atoms with van der Waals surface area (Å²) in [6.45, 7) is 6.47. The van der Waals surface area contributed by atoms with Crippen LogP contribution >= 0.6 is 0 Å². The smallest absolute Gasteiger partial charge is 0.306 e. The van der Waals surface area contributed by atoms with Gasteiger partial charge in [0, 0.05) is 19.3 Å². The average molecular weight is 689 g/mol. The topological polar surface area (TPSA) is 78.9 Å². The summed E-state index contributed by atoms with van der Waals surface area (Å²) >= 11 is 0. The van der Waals surface area contributed by atoms with Crippen molar-refractivity contribution in [2.24, 2.45) is 0 Å². The van der Waals surface area contributed by atoms with Crippen LogP contribution in [0.3, 0.4) is 0 Å². The van der Waals surface area contributed by atoms with Gasteiger partial charge >= 0.3 is 17.9 Å². The Morgan fingerprint density at radius 2 is 0.694 bits per heavy atom. The zero-order valence-corrected chi connectivity index (χ0v) is 32.2. The maximum atomic E-state index is 12.6. The molecule has 0 aliphatic rings. The molecule has 0 aromatic carbocycles. The molecule has 284 valence electrons. The molecule has 0 fully saturated rings. The fourth-order valence-electron chi connectivity index (χ4n) is 5.44. The summed E-state index contributed by atoms with van der Waals surface area (Å²) in [6.07, 6.45) is 41.5. The fraction of sp³-hybridized carbons (Fsp3) is 0.791. The number of hydrogen-bond acceptors (Lipinski definition) is 6. The Morgan fingerprint density at radius 3 is 1.12 bits per heavy atom. The van der Waals surface area contributed by atoms with Gasteiger partial charge in [0.15, 0.2) is 6.10 Å². The lowest BCUT2D eigenvalue weighted by Crippen LogP contribution is -2.30. The summed E-state index contributed by atoms with van der Waals surface area (Å²) in [6, 6.07) is 0. The van der Waals surface area contributed by atoms with Crippen molar-refractivity contribution in [2.75, 3.05) is 13.2 Å². The fourth-order valence-corrected chi connectivity index (χ4v) is 5.44. The lowest BCUT2D eigenvalue weighted by molar-refractivity contribution is -0.167. The van der Waals surface area contributed by atoms with Gasteiger partial charge in [-0.2, -0.15) is 0 Å². The van der Waals surface area contributed by atoms with E-state index < -0.39 is 6.10 Å². The molecule has 49 heavy (non-hydrogen) atoms. The highest BCUT2D eigenvalue weighted by atomic mass is 16.6. The lowest BCUT2D eigenvalue weighted by Gasteiger charge is -2.18. The minimum absolute atomic E-state index is 0.0997. The second kappa shape index (κ2) is 38.4. The van der Waals surface area contributed by atoms with E-state index in [1.165, 1.54) is 89.9 Å². The molecular weight excluding hydrogens is 612 g/mol. The van der Waals surface area contributed by atoms with E-state index in [-0.39, 0.29) is 37.5 Å². The predicted molar refractivity (Wildman–Crippen MR) is 206 cm³/mol. The summed E-state index contributed by atoms with van der Waals surface area (Å²) < 4.78 is 16.5. The van der Waals surface area contributed by atoms with Crippen molar-refractivity contribution in [1.82, 2.24) is 0 Å². The number of unbranched alkanes of at least 4 members (excludes halogenated alkanes) is 19. The van der Waals surface area contributed by atoms with E-state index in [4.69, 9.17) is 14.2 Å². The highest BCUT2D eigenvalue weighted by Gasteiger charge is 2.19. The first-order valence-corrected chi connectivity index (χ1v) is 20.5. The zero-order chi connectivity index (χ0) is 35.9. The summed E-state index contributed by atoms with van der Waals surface area (Å²) in [4.78, 5) is 37.4. The van der Waals surface area contributed by atoms with Crippen LogP contribution in [-0.4, -0.2) is 37.2 Å². The molecule has 0 aromatic rings. The first kappa shape index (κ1) is 46.6. The Labute approximate surface area is 302 Å². The molecule has 0 rings (SSSR count). The molecule has 6 nitrogen and oxygen atoms in total. The number of esters is 3. The third kappa shape index (κ3) is 36.7. The SMILES string of the molecule is CCCCCC/C=C\CCCC(=O)OCC(COC(=O)CCCCC/C=C\CCCCCCCC)OC(=O)CCC/C=C\CCCCCC. The molecule has 0 spiro atoms. The van der Waals surface area contributed by atoms with Gasteiger partial charge < -0.3 is 14.2 Å². The molecular formula is C43H76O6. The molecule has 0 amide bonds. The third-order valence-corrected chi connectivity index (χ3v) is 8.59. The summed E-state index contributed by atoms with van der Waals surface area (Å²) in [5, 5.41) is 0. The number of ether oxygens (including phenoxy) is 3. The van der Waals surface area contributed by atoms with Crippen LogP contribution in [0, 0.1) is 0 Å². The lowest BCUT2D eigenvalue weighted by atomic mass is 10.1. The standard InChI is InChI=1S/C43H76O6/c1-4-7-10-13-16-19-20-21-22-25-27-30-33-36-42(45)48-39-40(49-43(46)37-34-31-28-24-18-15-12-9-6-3)38-47-41(44)35-32-29-26-23-17-14-11-8-5-2/h21-24,26,28,40H,4-20,25,27,29-39H2,1-3H3/b22-21-,26-23-,28-24-. The van der Waals surface area contributed by atoms with Crippen LogP contribution < -0.4 is 0 Å². The van der Waals surface area contributed by atoms with Crippen LogP contribution in [0.5, 0.6) is 0 Å². The molecule has 0 saturated carbocycles. The number of allylic oxidation sites excluding steroid dienone is 6. The molecule has 0 aliphatic heterocycles. The van der Waals surface area contributed by atoms with Crippen molar-refractivity contribution in [2.45, 2.75) is 207 Å². The Kier molecular flexibility index (Phi) is 36.6. The van der Waals surface area contributed by atoms with Crippen LogP contribution in [0.2, 0.25) is 0 Å². The van der Waals surface area contributed by atoms with Crippen LogP contribution in [0.4, 0.5) is 0 Å². The minimum Gasteiger partial charge on any atom is -0.462 e. The van der Waals surface area contributed by atoms with E-state index in [0.29, 0.717) is 25.7 Å². The van der Waals surface area contributed by atoms with Gasteiger partial charge in [0.05, 0.1) is 0 Å². The molecule has 0 saturated heterocycles. The van der Waals surface area contributed by atoms with Gasteiger partial charge in [-0.05, 0) is 83.5 Å². The first-order chi connectivity index (χ1) is 24.0. The van der Waals surface area contributed by atoms with E-state index >= 15 is 0 Å². The second-order valence-corrected chi connectivity index (χ2v) is 13.5. The minimum atomic E-state index is -0.797. The summed E-state index contributed by atoms with van der Waals surface area (Å²) in [5.74, 6) is -0.993. The maximum Gasteiger partial charge on any atom is 0.306 e. The molecule has 1 atom stereocenters. The van der Waals surface area contributed by atoms with Crippen molar-refractivity contribution in [3.63, 3.8) is 0 Å². The Hall–Kier alpha value is -2.37. The van der Waals surface area contributed by atoms with Gasteiger partial charge in [-0.1, -0.05) is 134 Å². The van der Waals surface area contributed by atoms with Crippen LogP contribution in [0.1, 0.15) is 201 Å². The van der Waals surface area contributed by atoms with Gasteiger partial charge in [0.1, 0.15) is 13.2 Å². The average Bonchev–Trinajstić information content (AvgIpc) is 3.10. The number of rotatable bonds is 36. The third-order valence-electron chi connectivity index (χ3n) is 8.59. The molecule has 1 unspecified atom stereocenters. The summed E-state index contributed by atoms with van der Waals surface area (Å²) in [7, 11) is 0. The quantitative estimate of drug-likeness (QED) is 0.0282. The normalized spacial score (nSPS) is 12.3. The van der Waals surface area contributed by atoms with Crippen molar-refractivity contribution < 1.29 is 28.6 Å². The van der Waals surface area contributed by atoms with E-state index in [2.05, 4.69) is 57.2 Å². The largest absolute Gasteiger partial charge is 0.462 e. The van der Waals surface area contributed by atoms with E-state index in [1.54, 1.807) is 0 Å². The molecule has 0 N–H and O–H groups in total. The van der Waals surface area contributed by atoms with Crippen molar-refractivity contribution in [3.8, 4) is 0 Å². The maximum absolute atomic E-state index is 12.6. The summed E-state index contributed by atoms with van der Waals surface area (Å²) in [5.41, 5.74) is 0. The van der Waals surface area contributed by atoms with Crippen molar-refractivity contribution >= 4 is 17.9 Å². The Balaban J connectivity index is 4.43. The second-order valence-electron chi connectivity index (χ2n) is 13.5. The highest BCUT2D eigenvalue weighted by Crippen LogP contribution is 2.11. The van der Waals surface area contributed by atoms with E-state index in [1.807, 2.05) is 0 Å². The van der Waals surface area contributed by atoms with E-state index in [9.17, 15) is 14.4 Å². The number of hydrogen-bond donors (Lipinski definition) is 0. The highest BCUT2D eigenvalue weighted by molar-refractivity contribution is 5.71.